The number of carbonyl (C=O) groups excluding carboxylic acids is 1. The van der Waals surface area contributed by atoms with E-state index in [9.17, 15) is 4.79 Å². The molecule has 1 aliphatic carbocycles. The molecule has 2 aliphatic rings. The molecule has 1 aromatic carbocycles. The number of para-hydroxylation sites is 1. The van der Waals surface area contributed by atoms with Crippen molar-refractivity contribution in [1.29, 1.82) is 0 Å². The second-order valence-corrected chi connectivity index (χ2v) is 5.25. The van der Waals surface area contributed by atoms with Gasteiger partial charge in [-0.25, -0.2) is 4.79 Å². The Bertz CT molecular complexity index is 586. The third-order valence-corrected chi connectivity index (χ3v) is 4.05. The molecule has 1 aliphatic heterocycles. The Hall–Kier alpha value is -2.03. The van der Waals surface area contributed by atoms with Crippen LogP contribution in [-0.4, -0.2) is 6.03 Å². The molecule has 2 N–H and O–H groups in total. The molecular weight excluding hydrogens is 236 g/mol. The van der Waals surface area contributed by atoms with Crippen LogP contribution >= 0.6 is 0 Å². The molecular formula is C16H18N2O. The predicted octanol–water partition coefficient (Wildman–Crippen LogP) is 3.37. The molecule has 3 rings (SSSR count). The van der Waals surface area contributed by atoms with E-state index in [0.717, 1.165) is 30.6 Å². The molecule has 0 radical (unpaired) electrons. The third-order valence-electron chi connectivity index (χ3n) is 4.05. The summed E-state index contributed by atoms with van der Waals surface area (Å²) in [5, 5.41) is 0. The van der Waals surface area contributed by atoms with E-state index in [2.05, 4.69) is 19.1 Å². The number of amides is 2. The van der Waals surface area contributed by atoms with Crippen LogP contribution in [-0.2, 0) is 6.42 Å². The minimum atomic E-state index is -0.402. The van der Waals surface area contributed by atoms with Gasteiger partial charge in [-0.15, -0.1) is 0 Å². The Morgan fingerprint density at radius 3 is 2.89 bits per heavy atom. The summed E-state index contributed by atoms with van der Waals surface area (Å²) in [7, 11) is 0. The Morgan fingerprint density at radius 1 is 1.32 bits per heavy atom. The van der Waals surface area contributed by atoms with Gasteiger partial charge in [0, 0.05) is 5.70 Å². The molecule has 19 heavy (non-hydrogen) atoms. The zero-order valence-corrected chi connectivity index (χ0v) is 11.1. The maximum Gasteiger partial charge on any atom is 0.323 e. The molecule has 2 amide bonds. The molecule has 0 bridgehead atoms. The molecule has 1 aromatic rings. The fourth-order valence-corrected chi connectivity index (χ4v) is 3.06. The first kappa shape index (κ1) is 12.0. The summed E-state index contributed by atoms with van der Waals surface area (Å²) in [4.78, 5) is 13.6. The van der Waals surface area contributed by atoms with Crippen molar-refractivity contribution >= 4 is 11.7 Å². The van der Waals surface area contributed by atoms with E-state index in [0.29, 0.717) is 5.92 Å². The SMILES string of the molecule is CC1CC=CC2=C1CCc1ccccc1N2C(N)=O. The van der Waals surface area contributed by atoms with Gasteiger partial charge in [0.05, 0.1) is 5.69 Å². The number of anilines is 1. The summed E-state index contributed by atoms with van der Waals surface area (Å²) in [6.07, 6.45) is 7.19. The molecule has 0 aromatic heterocycles. The summed E-state index contributed by atoms with van der Waals surface area (Å²) in [6.45, 7) is 2.22. The molecule has 1 unspecified atom stereocenters. The lowest BCUT2D eigenvalue weighted by Crippen LogP contribution is -2.36. The van der Waals surface area contributed by atoms with Crippen molar-refractivity contribution in [1.82, 2.24) is 0 Å². The maximum atomic E-state index is 11.9. The predicted molar refractivity (Wildman–Crippen MR) is 76.8 cm³/mol. The molecule has 98 valence electrons. The molecule has 0 saturated carbocycles. The molecule has 0 saturated heterocycles. The number of nitrogens with zero attached hydrogens (tertiary/aromatic N) is 1. The lowest BCUT2D eigenvalue weighted by molar-refractivity contribution is 0.255. The van der Waals surface area contributed by atoms with E-state index in [1.807, 2.05) is 24.3 Å². The number of nitrogens with two attached hydrogens (primary N) is 1. The molecule has 0 fully saturated rings. The van der Waals surface area contributed by atoms with Crippen molar-refractivity contribution < 1.29 is 4.79 Å². The number of fused-ring (bicyclic) bond motifs is 1. The Balaban J connectivity index is 2.18. The van der Waals surface area contributed by atoms with E-state index in [4.69, 9.17) is 5.73 Å². The lowest BCUT2D eigenvalue weighted by Gasteiger charge is -2.28. The highest BCUT2D eigenvalue weighted by Gasteiger charge is 2.28. The van der Waals surface area contributed by atoms with Gasteiger partial charge in [-0.1, -0.05) is 31.2 Å². The van der Waals surface area contributed by atoms with Crippen LogP contribution in [0.5, 0.6) is 0 Å². The van der Waals surface area contributed by atoms with Crippen molar-refractivity contribution in [2.24, 2.45) is 11.7 Å². The van der Waals surface area contributed by atoms with Gasteiger partial charge in [-0.05, 0) is 48.5 Å². The van der Waals surface area contributed by atoms with Gasteiger partial charge in [-0.2, -0.15) is 0 Å². The Labute approximate surface area is 113 Å². The first-order chi connectivity index (χ1) is 9.18. The summed E-state index contributed by atoms with van der Waals surface area (Å²) < 4.78 is 0. The van der Waals surface area contributed by atoms with Crippen LogP contribution in [0.25, 0.3) is 0 Å². The number of hydrogen-bond acceptors (Lipinski definition) is 1. The maximum absolute atomic E-state index is 11.9. The molecule has 3 nitrogen and oxygen atoms in total. The second kappa shape index (κ2) is 4.57. The van der Waals surface area contributed by atoms with Gasteiger partial charge >= 0.3 is 6.03 Å². The van der Waals surface area contributed by atoms with Gasteiger partial charge in [0.15, 0.2) is 0 Å². The Morgan fingerprint density at radius 2 is 2.11 bits per heavy atom. The second-order valence-electron chi connectivity index (χ2n) is 5.25. The number of carbonyl (C=O) groups is 1. The summed E-state index contributed by atoms with van der Waals surface area (Å²) in [5.41, 5.74) is 10.1. The van der Waals surface area contributed by atoms with Gasteiger partial charge in [0.2, 0.25) is 0 Å². The monoisotopic (exact) mass is 254 g/mol. The highest BCUT2D eigenvalue weighted by Crippen LogP contribution is 2.38. The van der Waals surface area contributed by atoms with E-state index < -0.39 is 6.03 Å². The third kappa shape index (κ3) is 1.95. The van der Waals surface area contributed by atoms with E-state index in [1.165, 1.54) is 11.1 Å². The highest BCUT2D eigenvalue weighted by molar-refractivity contribution is 5.96. The van der Waals surface area contributed by atoms with Crippen LogP contribution in [0, 0.1) is 5.92 Å². The van der Waals surface area contributed by atoms with Crippen molar-refractivity contribution in [2.75, 3.05) is 4.90 Å². The quantitative estimate of drug-likeness (QED) is 0.758. The fourth-order valence-electron chi connectivity index (χ4n) is 3.06. The first-order valence-corrected chi connectivity index (χ1v) is 6.75. The number of aryl methyl sites for hydroxylation is 1. The fraction of sp³-hybridized carbons (Fsp3) is 0.312. The van der Waals surface area contributed by atoms with Crippen LogP contribution in [0.4, 0.5) is 10.5 Å². The number of hydrogen-bond donors (Lipinski definition) is 1. The minimum absolute atomic E-state index is 0.402. The van der Waals surface area contributed by atoms with Crippen molar-refractivity contribution in [3.8, 4) is 0 Å². The van der Waals surface area contributed by atoms with Gasteiger partial charge < -0.3 is 5.73 Å². The minimum Gasteiger partial charge on any atom is -0.351 e. The molecule has 3 heteroatoms. The van der Waals surface area contributed by atoms with E-state index in [-0.39, 0.29) is 0 Å². The van der Waals surface area contributed by atoms with Crippen LogP contribution in [0.15, 0.2) is 47.7 Å². The van der Waals surface area contributed by atoms with Crippen molar-refractivity contribution in [3.63, 3.8) is 0 Å². The van der Waals surface area contributed by atoms with Crippen LogP contribution in [0.1, 0.15) is 25.3 Å². The van der Waals surface area contributed by atoms with Gasteiger partial charge in [0.1, 0.15) is 0 Å². The lowest BCUT2D eigenvalue weighted by atomic mass is 9.88. The first-order valence-electron chi connectivity index (χ1n) is 6.75. The van der Waals surface area contributed by atoms with Crippen LogP contribution < -0.4 is 10.6 Å². The zero-order chi connectivity index (χ0) is 13.4. The number of allylic oxidation sites excluding steroid dienone is 3. The topological polar surface area (TPSA) is 46.3 Å². The van der Waals surface area contributed by atoms with Crippen molar-refractivity contribution in [2.45, 2.75) is 26.2 Å². The van der Waals surface area contributed by atoms with E-state index in [1.54, 1.807) is 4.90 Å². The number of urea groups is 1. The number of rotatable bonds is 0. The highest BCUT2D eigenvalue weighted by atomic mass is 16.2. The largest absolute Gasteiger partial charge is 0.351 e. The van der Waals surface area contributed by atoms with Crippen LogP contribution in [0.3, 0.4) is 0 Å². The van der Waals surface area contributed by atoms with E-state index >= 15 is 0 Å². The zero-order valence-electron chi connectivity index (χ0n) is 11.1. The molecule has 0 spiro atoms. The summed E-state index contributed by atoms with van der Waals surface area (Å²) in [6, 6.07) is 7.62. The van der Waals surface area contributed by atoms with Crippen LogP contribution in [0.2, 0.25) is 0 Å². The summed E-state index contributed by atoms with van der Waals surface area (Å²) in [5.74, 6) is 0.483. The number of primary amides is 1. The molecule has 1 atom stereocenters. The average molecular weight is 254 g/mol. The number of benzene rings is 1. The van der Waals surface area contributed by atoms with Gasteiger partial charge in [0.25, 0.3) is 0 Å². The van der Waals surface area contributed by atoms with Crippen molar-refractivity contribution in [3.05, 3.63) is 53.3 Å². The molecule has 1 heterocycles. The standard InChI is InChI=1S/C16H18N2O/c1-11-5-4-8-15-13(11)10-9-12-6-2-3-7-14(12)18(15)16(17)19/h2-4,6-8,11H,5,9-10H2,1H3,(H2,17,19). The smallest absolute Gasteiger partial charge is 0.323 e. The summed E-state index contributed by atoms with van der Waals surface area (Å²) >= 11 is 0. The average Bonchev–Trinajstić information content (AvgIpc) is 2.56. The van der Waals surface area contributed by atoms with Gasteiger partial charge in [-0.3, -0.25) is 4.90 Å². The normalized spacial score (nSPS) is 21.7. The Kier molecular flexibility index (Phi) is 2.90.